The fourth-order valence-electron chi connectivity index (χ4n) is 2.08. The maximum Gasteiger partial charge on any atom is 0.255 e. The zero-order valence-electron chi connectivity index (χ0n) is 13.1. The molecule has 0 aliphatic heterocycles. The lowest BCUT2D eigenvalue weighted by molar-refractivity contribution is 0.0948. The summed E-state index contributed by atoms with van der Waals surface area (Å²) >= 11 is 0. The molecule has 0 atom stereocenters. The molecule has 0 radical (unpaired) electrons. The minimum atomic E-state index is -0.282. The molecular formula is C18H21FN2O2. The van der Waals surface area contributed by atoms with Crippen molar-refractivity contribution >= 4 is 5.91 Å². The Bertz CT molecular complexity index is 629. The lowest BCUT2D eigenvalue weighted by Crippen LogP contribution is -2.27. The van der Waals surface area contributed by atoms with Gasteiger partial charge in [-0.2, -0.15) is 0 Å². The molecule has 0 aromatic heterocycles. The monoisotopic (exact) mass is 316 g/mol. The number of para-hydroxylation sites is 1. The summed E-state index contributed by atoms with van der Waals surface area (Å²) in [4.78, 5) is 12.2. The van der Waals surface area contributed by atoms with E-state index in [0.29, 0.717) is 17.9 Å². The Morgan fingerprint density at radius 2 is 1.83 bits per heavy atom. The van der Waals surface area contributed by atoms with Crippen LogP contribution in [0.5, 0.6) is 5.75 Å². The molecule has 2 aromatic carbocycles. The van der Waals surface area contributed by atoms with Gasteiger partial charge in [0, 0.05) is 6.54 Å². The van der Waals surface area contributed by atoms with Crippen molar-refractivity contribution in [3.63, 3.8) is 0 Å². The lowest BCUT2D eigenvalue weighted by atomic mass is 10.2. The van der Waals surface area contributed by atoms with E-state index in [-0.39, 0.29) is 18.3 Å². The van der Waals surface area contributed by atoms with E-state index < -0.39 is 0 Å². The van der Waals surface area contributed by atoms with Crippen LogP contribution in [0, 0.1) is 5.82 Å². The van der Waals surface area contributed by atoms with Crippen LogP contribution in [0.2, 0.25) is 0 Å². The van der Waals surface area contributed by atoms with Gasteiger partial charge >= 0.3 is 0 Å². The molecule has 0 aliphatic carbocycles. The Kier molecular flexibility index (Phi) is 6.56. The van der Waals surface area contributed by atoms with Crippen molar-refractivity contribution in [2.24, 2.45) is 0 Å². The smallest absolute Gasteiger partial charge is 0.255 e. The summed E-state index contributed by atoms with van der Waals surface area (Å²) < 4.78 is 18.6. The van der Waals surface area contributed by atoms with Crippen LogP contribution in [0.3, 0.4) is 0 Å². The zero-order chi connectivity index (χ0) is 16.5. The van der Waals surface area contributed by atoms with Gasteiger partial charge in [-0.25, -0.2) is 4.39 Å². The first-order valence-electron chi connectivity index (χ1n) is 7.60. The van der Waals surface area contributed by atoms with Gasteiger partial charge in [0.25, 0.3) is 5.91 Å². The van der Waals surface area contributed by atoms with Crippen LogP contribution >= 0.6 is 0 Å². The Balaban J connectivity index is 1.96. The van der Waals surface area contributed by atoms with E-state index in [1.807, 2.05) is 13.1 Å². The Morgan fingerprint density at radius 1 is 1.09 bits per heavy atom. The first-order valence-corrected chi connectivity index (χ1v) is 7.60. The molecule has 0 heterocycles. The molecule has 23 heavy (non-hydrogen) atoms. The molecular weight excluding hydrogens is 295 g/mol. The third-order valence-electron chi connectivity index (χ3n) is 3.33. The average molecular weight is 316 g/mol. The average Bonchev–Trinajstić information content (AvgIpc) is 2.58. The Morgan fingerprint density at radius 3 is 2.57 bits per heavy atom. The van der Waals surface area contributed by atoms with Crippen LogP contribution in [0.4, 0.5) is 4.39 Å². The molecule has 0 aliphatic rings. The molecule has 122 valence electrons. The third kappa shape index (κ3) is 5.38. The number of rotatable bonds is 8. The summed E-state index contributed by atoms with van der Waals surface area (Å²) in [6, 6.07) is 13.2. The van der Waals surface area contributed by atoms with Gasteiger partial charge in [-0.05, 0) is 49.8 Å². The Labute approximate surface area is 135 Å². The fourth-order valence-corrected chi connectivity index (χ4v) is 2.08. The highest BCUT2D eigenvalue weighted by Gasteiger charge is 2.11. The van der Waals surface area contributed by atoms with Crippen molar-refractivity contribution in [1.82, 2.24) is 10.6 Å². The first kappa shape index (κ1) is 17.0. The molecule has 4 nitrogen and oxygen atoms in total. The lowest BCUT2D eigenvalue weighted by Gasteiger charge is -2.12. The van der Waals surface area contributed by atoms with Crippen molar-refractivity contribution in [2.45, 2.75) is 13.0 Å². The van der Waals surface area contributed by atoms with Crippen molar-refractivity contribution < 1.29 is 13.9 Å². The van der Waals surface area contributed by atoms with Crippen LogP contribution in [-0.2, 0) is 6.61 Å². The highest BCUT2D eigenvalue weighted by atomic mass is 19.1. The van der Waals surface area contributed by atoms with Gasteiger partial charge in [0.1, 0.15) is 18.2 Å². The maximum absolute atomic E-state index is 12.9. The molecule has 0 fully saturated rings. The third-order valence-corrected chi connectivity index (χ3v) is 3.33. The highest BCUT2D eigenvalue weighted by Crippen LogP contribution is 2.19. The van der Waals surface area contributed by atoms with E-state index in [1.54, 1.807) is 30.3 Å². The topological polar surface area (TPSA) is 50.4 Å². The van der Waals surface area contributed by atoms with Crippen LogP contribution < -0.4 is 15.4 Å². The number of benzene rings is 2. The number of carbonyl (C=O) groups excluding carboxylic acids is 1. The number of hydrogen-bond acceptors (Lipinski definition) is 3. The number of halogens is 1. The highest BCUT2D eigenvalue weighted by molar-refractivity contribution is 5.96. The number of hydrogen-bond donors (Lipinski definition) is 2. The second kappa shape index (κ2) is 8.90. The fraction of sp³-hybridized carbons (Fsp3) is 0.278. The summed E-state index contributed by atoms with van der Waals surface area (Å²) in [5, 5.41) is 5.90. The van der Waals surface area contributed by atoms with Gasteiger partial charge in [-0.3, -0.25) is 4.79 Å². The van der Waals surface area contributed by atoms with E-state index in [9.17, 15) is 9.18 Å². The first-order chi connectivity index (χ1) is 11.2. The largest absolute Gasteiger partial charge is 0.488 e. The summed E-state index contributed by atoms with van der Waals surface area (Å²) in [5.74, 6) is 0.0776. The van der Waals surface area contributed by atoms with Gasteiger partial charge in [-0.15, -0.1) is 0 Å². The van der Waals surface area contributed by atoms with E-state index in [4.69, 9.17) is 4.74 Å². The molecule has 2 N–H and O–H groups in total. The second-order valence-electron chi connectivity index (χ2n) is 5.12. The minimum Gasteiger partial charge on any atom is -0.488 e. The predicted molar refractivity (Wildman–Crippen MR) is 88.1 cm³/mol. The van der Waals surface area contributed by atoms with E-state index in [2.05, 4.69) is 10.6 Å². The molecule has 0 saturated carbocycles. The molecule has 2 aromatic rings. The quantitative estimate of drug-likeness (QED) is 0.736. The number of carbonyl (C=O) groups is 1. The van der Waals surface area contributed by atoms with Gasteiger partial charge in [0.2, 0.25) is 0 Å². The van der Waals surface area contributed by atoms with Crippen LogP contribution in [0.15, 0.2) is 48.5 Å². The molecule has 2 rings (SSSR count). The van der Waals surface area contributed by atoms with Gasteiger partial charge in [-0.1, -0.05) is 24.3 Å². The standard InChI is InChI=1S/C18H21FN2O2/c1-20-11-4-12-21-18(22)16-5-2-3-6-17(16)23-13-14-7-9-15(19)10-8-14/h2-3,5-10,20H,4,11-13H2,1H3,(H,21,22). The molecule has 0 unspecified atom stereocenters. The zero-order valence-corrected chi connectivity index (χ0v) is 13.1. The number of amides is 1. The molecule has 0 spiro atoms. The summed E-state index contributed by atoms with van der Waals surface area (Å²) in [5.41, 5.74) is 1.34. The van der Waals surface area contributed by atoms with Crippen LogP contribution in [0.1, 0.15) is 22.3 Å². The van der Waals surface area contributed by atoms with Crippen molar-refractivity contribution in [3.8, 4) is 5.75 Å². The number of nitrogens with one attached hydrogen (secondary N) is 2. The van der Waals surface area contributed by atoms with Gasteiger partial charge < -0.3 is 15.4 Å². The number of ether oxygens (including phenoxy) is 1. The van der Waals surface area contributed by atoms with Gasteiger partial charge in [0.05, 0.1) is 5.56 Å². The SMILES string of the molecule is CNCCCNC(=O)c1ccccc1OCc1ccc(F)cc1. The van der Waals surface area contributed by atoms with E-state index in [0.717, 1.165) is 18.5 Å². The van der Waals surface area contributed by atoms with Crippen LogP contribution in [0.25, 0.3) is 0 Å². The predicted octanol–water partition coefficient (Wildman–Crippen LogP) is 2.74. The maximum atomic E-state index is 12.9. The van der Waals surface area contributed by atoms with E-state index >= 15 is 0 Å². The molecule has 0 bridgehead atoms. The summed E-state index contributed by atoms with van der Waals surface area (Å²) in [6.07, 6.45) is 0.862. The molecule has 5 heteroatoms. The van der Waals surface area contributed by atoms with Crippen molar-refractivity contribution in [2.75, 3.05) is 20.1 Å². The van der Waals surface area contributed by atoms with Crippen molar-refractivity contribution in [1.29, 1.82) is 0 Å². The second-order valence-corrected chi connectivity index (χ2v) is 5.12. The Hall–Kier alpha value is -2.40. The molecule has 0 saturated heterocycles. The van der Waals surface area contributed by atoms with E-state index in [1.165, 1.54) is 12.1 Å². The van der Waals surface area contributed by atoms with Gasteiger partial charge in [0.15, 0.2) is 0 Å². The van der Waals surface area contributed by atoms with Crippen molar-refractivity contribution in [3.05, 3.63) is 65.5 Å². The molecule has 1 amide bonds. The summed E-state index contributed by atoms with van der Waals surface area (Å²) in [7, 11) is 1.88. The summed E-state index contributed by atoms with van der Waals surface area (Å²) in [6.45, 7) is 1.74. The normalized spacial score (nSPS) is 10.3. The minimum absolute atomic E-state index is 0.157. The van der Waals surface area contributed by atoms with Crippen LogP contribution in [-0.4, -0.2) is 26.0 Å².